The fourth-order valence-electron chi connectivity index (χ4n) is 2.70. The van der Waals surface area contributed by atoms with Crippen LogP contribution in [0.5, 0.6) is 0 Å². The Bertz CT molecular complexity index is 370. The van der Waals surface area contributed by atoms with Gasteiger partial charge in [-0.1, -0.05) is 19.1 Å². The normalized spacial score (nSPS) is 22.6. The summed E-state index contributed by atoms with van der Waals surface area (Å²) < 4.78 is 2.58. The predicted molar refractivity (Wildman–Crippen MR) is 71.4 cm³/mol. The van der Waals surface area contributed by atoms with Crippen LogP contribution in [-0.4, -0.2) is 15.0 Å². The second-order valence-corrected chi connectivity index (χ2v) is 6.67. The van der Waals surface area contributed by atoms with Crippen LogP contribution in [0, 0.1) is 11.3 Å². The molecule has 1 unspecified atom stereocenters. The number of aryl methyl sites for hydroxylation is 1. The van der Waals surface area contributed by atoms with Crippen molar-refractivity contribution < 1.29 is 0 Å². The summed E-state index contributed by atoms with van der Waals surface area (Å²) in [4.78, 5) is 0. The lowest BCUT2D eigenvalue weighted by Gasteiger charge is -2.36. The molecule has 0 amide bonds. The molecular weight excluding hydrogens is 280 g/mol. The first-order chi connectivity index (χ1) is 7.91. The van der Waals surface area contributed by atoms with Gasteiger partial charge in [0.2, 0.25) is 0 Å². The van der Waals surface area contributed by atoms with Crippen LogP contribution in [0.15, 0.2) is 4.60 Å². The summed E-state index contributed by atoms with van der Waals surface area (Å²) in [7, 11) is 1.90. The highest BCUT2D eigenvalue weighted by molar-refractivity contribution is 9.10. The van der Waals surface area contributed by atoms with E-state index in [2.05, 4.69) is 40.1 Å². The number of rotatable bonds is 2. The highest BCUT2D eigenvalue weighted by Crippen LogP contribution is 2.42. The largest absolute Gasteiger partial charge is 0.322 e. The van der Waals surface area contributed by atoms with Crippen molar-refractivity contribution in [2.75, 3.05) is 0 Å². The van der Waals surface area contributed by atoms with Crippen LogP contribution >= 0.6 is 15.9 Å². The van der Waals surface area contributed by atoms with Gasteiger partial charge in [-0.3, -0.25) is 0 Å². The minimum absolute atomic E-state index is 0.0421. The fraction of sp³-hybridized carbons (Fsp3) is 0.833. The average molecular weight is 301 g/mol. The maximum Gasteiger partial charge on any atom is 0.153 e. The molecule has 1 heterocycles. The van der Waals surface area contributed by atoms with Gasteiger partial charge in [0.05, 0.1) is 11.7 Å². The van der Waals surface area contributed by atoms with Crippen molar-refractivity contribution in [3.05, 3.63) is 10.3 Å². The first-order valence-corrected chi connectivity index (χ1v) is 7.01. The zero-order chi connectivity index (χ0) is 12.6. The van der Waals surface area contributed by atoms with Crippen molar-refractivity contribution in [3.63, 3.8) is 0 Å². The summed E-state index contributed by atoms with van der Waals surface area (Å²) in [6.07, 6.45) is 4.92. The van der Waals surface area contributed by atoms with Crippen molar-refractivity contribution in [3.8, 4) is 0 Å². The molecule has 1 aromatic heterocycles. The zero-order valence-corrected chi connectivity index (χ0v) is 12.4. The van der Waals surface area contributed by atoms with Gasteiger partial charge < -0.3 is 5.73 Å². The van der Waals surface area contributed by atoms with E-state index in [0.29, 0.717) is 11.3 Å². The molecule has 1 saturated carbocycles. The Hall–Kier alpha value is -0.420. The van der Waals surface area contributed by atoms with Crippen LogP contribution in [0.3, 0.4) is 0 Å². The summed E-state index contributed by atoms with van der Waals surface area (Å²) in [5.41, 5.74) is 7.88. The lowest BCUT2D eigenvalue weighted by molar-refractivity contribution is 0.171. The van der Waals surface area contributed by atoms with E-state index in [-0.39, 0.29) is 6.04 Å². The highest BCUT2D eigenvalue weighted by Gasteiger charge is 2.32. The first kappa shape index (κ1) is 13.0. The van der Waals surface area contributed by atoms with Gasteiger partial charge in [0.1, 0.15) is 0 Å². The molecule has 0 aromatic carbocycles. The van der Waals surface area contributed by atoms with Gasteiger partial charge in [0, 0.05) is 7.05 Å². The molecule has 0 saturated heterocycles. The van der Waals surface area contributed by atoms with Gasteiger partial charge in [-0.15, -0.1) is 5.10 Å². The molecule has 0 radical (unpaired) electrons. The molecule has 2 N–H and O–H groups in total. The standard InChI is InChI=1S/C12H21BrN4/c1-12(2)6-4-8(5-7-12)9(14)10-11(13)15-16-17(10)3/h8-9H,4-7,14H2,1-3H3. The molecule has 1 fully saturated rings. The number of nitrogens with two attached hydrogens (primary N) is 1. The summed E-state index contributed by atoms with van der Waals surface area (Å²) in [5.74, 6) is 0.552. The van der Waals surface area contributed by atoms with Crippen LogP contribution in [0.2, 0.25) is 0 Å². The van der Waals surface area contributed by atoms with Crippen LogP contribution in [0.4, 0.5) is 0 Å². The number of halogens is 1. The van der Waals surface area contributed by atoms with E-state index in [1.807, 2.05) is 7.05 Å². The number of aromatic nitrogens is 3. The smallest absolute Gasteiger partial charge is 0.153 e. The third-order valence-corrected chi connectivity index (χ3v) is 4.60. The SMILES string of the molecule is Cn1nnc(Br)c1C(N)C1CCC(C)(C)CC1. The van der Waals surface area contributed by atoms with E-state index in [4.69, 9.17) is 5.73 Å². The number of hydrogen-bond acceptors (Lipinski definition) is 3. The van der Waals surface area contributed by atoms with E-state index < -0.39 is 0 Å². The lowest BCUT2D eigenvalue weighted by Crippen LogP contribution is -2.30. The second kappa shape index (κ2) is 4.69. The second-order valence-electron chi connectivity index (χ2n) is 5.92. The quantitative estimate of drug-likeness (QED) is 0.914. The van der Waals surface area contributed by atoms with Gasteiger partial charge in [-0.25, -0.2) is 4.68 Å². The van der Waals surface area contributed by atoms with E-state index >= 15 is 0 Å². The third-order valence-electron chi connectivity index (χ3n) is 4.03. The van der Waals surface area contributed by atoms with Crippen molar-refractivity contribution >= 4 is 15.9 Å². The summed E-state index contributed by atoms with van der Waals surface area (Å²) in [5, 5.41) is 8.01. The maximum atomic E-state index is 6.37. The van der Waals surface area contributed by atoms with Gasteiger partial charge in [-0.05, 0) is 52.9 Å². The Morgan fingerprint density at radius 2 is 2.00 bits per heavy atom. The number of hydrogen-bond donors (Lipinski definition) is 1. The van der Waals surface area contributed by atoms with Crippen LogP contribution in [0.1, 0.15) is 51.3 Å². The third kappa shape index (κ3) is 2.71. The monoisotopic (exact) mass is 300 g/mol. The molecule has 0 aliphatic heterocycles. The average Bonchev–Trinajstić information content (AvgIpc) is 2.58. The molecule has 0 bridgehead atoms. The molecule has 4 nitrogen and oxygen atoms in total. The Morgan fingerprint density at radius 3 is 2.47 bits per heavy atom. The fourth-order valence-corrected chi connectivity index (χ4v) is 3.29. The van der Waals surface area contributed by atoms with Crippen molar-refractivity contribution in [2.24, 2.45) is 24.1 Å². The Balaban J connectivity index is 2.09. The molecule has 1 aromatic rings. The predicted octanol–water partition coefficient (Wildman–Crippen LogP) is 2.79. The Morgan fingerprint density at radius 1 is 1.41 bits per heavy atom. The van der Waals surface area contributed by atoms with Crippen LogP contribution in [-0.2, 0) is 7.05 Å². The molecule has 96 valence electrons. The minimum Gasteiger partial charge on any atom is -0.322 e. The van der Waals surface area contributed by atoms with Gasteiger partial charge in [-0.2, -0.15) is 0 Å². The molecule has 0 spiro atoms. The molecule has 17 heavy (non-hydrogen) atoms. The molecule has 1 aliphatic carbocycles. The van der Waals surface area contributed by atoms with E-state index in [1.165, 1.54) is 25.7 Å². The maximum absolute atomic E-state index is 6.37. The minimum atomic E-state index is 0.0421. The Labute approximate surface area is 111 Å². The zero-order valence-electron chi connectivity index (χ0n) is 10.8. The molecule has 2 rings (SSSR count). The summed E-state index contributed by atoms with van der Waals surface area (Å²) in [6, 6.07) is 0.0421. The molecule has 1 atom stereocenters. The van der Waals surface area contributed by atoms with Crippen LogP contribution in [0.25, 0.3) is 0 Å². The summed E-state index contributed by atoms with van der Waals surface area (Å²) >= 11 is 3.43. The van der Waals surface area contributed by atoms with E-state index in [1.54, 1.807) is 4.68 Å². The van der Waals surface area contributed by atoms with Crippen molar-refractivity contribution in [1.82, 2.24) is 15.0 Å². The number of nitrogens with zero attached hydrogens (tertiary/aromatic N) is 3. The Kier molecular flexibility index (Phi) is 3.59. The van der Waals surface area contributed by atoms with Crippen LogP contribution < -0.4 is 5.73 Å². The van der Waals surface area contributed by atoms with Crippen molar-refractivity contribution in [2.45, 2.75) is 45.6 Å². The lowest BCUT2D eigenvalue weighted by atomic mass is 9.71. The van der Waals surface area contributed by atoms with E-state index in [9.17, 15) is 0 Å². The van der Waals surface area contributed by atoms with Crippen molar-refractivity contribution in [1.29, 1.82) is 0 Å². The molecular formula is C12H21BrN4. The van der Waals surface area contributed by atoms with Gasteiger partial charge >= 0.3 is 0 Å². The summed E-state index contributed by atoms with van der Waals surface area (Å²) in [6.45, 7) is 4.69. The molecule has 1 aliphatic rings. The topological polar surface area (TPSA) is 56.7 Å². The molecule has 5 heteroatoms. The van der Waals surface area contributed by atoms with Gasteiger partial charge in [0.15, 0.2) is 4.60 Å². The highest BCUT2D eigenvalue weighted by atomic mass is 79.9. The van der Waals surface area contributed by atoms with E-state index in [0.717, 1.165) is 10.3 Å². The first-order valence-electron chi connectivity index (χ1n) is 6.21. The van der Waals surface area contributed by atoms with Gasteiger partial charge in [0.25, 0.3) is 0 Å².